The molecule has 0 atom stereocenters. The van der Waals surface area contributed by atoms with Gasteiger partial charge in [-0.15, -0.1) is 0 Å². The summed E-state index contributed by atoms with van der Waals surface area (Å²) in [4.78, 5) is 16.7. The highest BCUT2D eigenvalue weighted by atomic mass is 32.1. The molecule has 0 radical (unpaired) electrons. The van der Waals surface area contributed by atoms with Crippen LogP contribution in [0.25, 0.3) is 26.4 Å². The predicted octanol–water partition coefficient (Wildman–Crippen LogP) is 4.53. The molecular formula is C18H14N2O2S. The lowest BCUT2D eigenvalue weighted by Gasteiger charge is -2.03. The molecule has 2 heterocycles. The molecule has 0 saturated carbocycles. The number of carbonyl (C=O) groups is 1. The van der Waals surface area contributed by atoms with E-state index < -0.39 is 5.97 Å². The fraction of sp³-hybridized carbons (Fsp3) is 0.111. The van der Waals surface area contributed by atoms with E-state index >= 15 is 0 Å². The molecule has 114 valence electrons. The van der Waals surface area contributed by atoms with E-state index in [9.17, 15) is 4.79 Å². The molecule has 4 aromatic rings. The summed E-state index contributed by atoms with van der Waals surface area (Å²) in [6.07, 6.45) is 2.02. The Morgan fingerprint density at radius 1 is 1.17 bits per heavy atom. The van der Waals surface area contributed by atoms with E-state index in [-0.39, 0.29) is 0 Å². The first-order valence-corrected chi connectivity index (χ1v) is 8.07. The van der Waals surface area contributed by atoms with Crippen LogP contribution in [0.3, 0.4) is 0 Å². The second-order valence-electron chi connectivity index (χ2n) is 5.69. The molecule has 0 aliphatic carbocycles. The van der Waals surface area contributed by atoms with Crippen molar-refractivity contribution >= 4 is 32.5 Å². The molecule has 23 heavy (non-hydrogen) atoms. The number of aromatic nitrogens is 2. The number of imidazole rings is 1. The van der Waals surface area contributed by atoms with Crippen LogP contribution in [0.1, 0.15) is 21.5 Å². The topological polar surface area (TPSA) is 54.6 Å². The lowest BCUT2D eigenvalue weighted by atomic mass is 10.0. The first-order valence-electron chi connectivity index (χ1n) is 7.25. The molecule has 0 spiro atoms. The van der Waals surface area contributed by atoms with E-state index in [1.807, 2.05) is 16.7 Å². The Morgan fingerprint density at radius 2 is 2.00 bits per heavy atom. The summed E-state index contributed by atoms with van der Waals surface area (Å²) in [5.74, 6) is -0.908. The van der Waals surface area contributed by atoms with Gasteiger partial charge in [-0.3, -0.25) is 4.40 Å². The molecule has 0 aliphatic rings. The highest BCUT2D eigenvalue weighted by molar-refractivity contribution is 7.23. The molecular weight excluding hydrogens is 308 g/mol. The molecule has 0 bridgehead atoms. The largest absolute Gasteiger partial charge is 0.478 e. The average Bonchev–Trinajstić information content (AvgIpc) is 3.03. The maximum Gasteiger partial charge on any atom is 0.335 e. The quantitative estimate of drug-likeness (QED) is 0.590. The monoisotopic (exact) mass is 322 g/mol. The number of hydrogen-bond donors (Lipinski definition) is 1. The number of thiazole rings is 1. The lowest BCUT2D eigenvalue weighted by Crippen LogP contribution is -1.94. The third-order valence-corrected chi connectivity index (χ3v) is 5.02. The van der Waals surface area contributed by atoms with Crippen molar-refractivity contribution < 1.29 is 9.90 Å². The number of rotatable bonds is 2. The van der Waals surface area contributed by atoms with E-state index in [2.05, 4.69) is 32.0 Å². The van der Waals surface area contributed by atoms with Gasteiger partial charge in [-0.05, 0) is 37.6 Å². The molecule has 0 amide bonds. The molecule has 5 heteroatoms. The maximum atomic E-state index is 11.1. The Bertz CT molecular complexity index is 1080. The van der Waals surface area contributed by atoms with E-state index in [0.717, 1.165) is 26.4 Å². The summed E-state index contributed by atoms with van der Waals surface area (Å²) >= 11 is 1.51. The fourth-order valence-electron chi connectivity index (χ4n) is 2.86. The SMILES string of the molecule is Cc1ccc(-c2cn3c(n2)sc2cc(C(=O)O)ccc23)c(C)c1. The highest BCUT2D eigenvalue weighted by Crippen LogP contribution is 2.31. The molecule has 0 saturated heterocycles. The minimum atomic E-state index is -0.908. The predicted molar refractivity (Wildman–Crippen MR) is 92.4 cm³/mol. The number of carboxylic acids is 1. The zero-order chi connectivity index (χ0) is 16.1. The van der Waals surface area contributed by atoms with Crippen molar-refractivity contribution in [1.82, 2.24) is 9.38 Å². The highest BCUT2D eigenvalue weighted by Gasteiger charge is 2.13. The summed E-state index contributed by atoms with van der Waals surface area (Å²) in [7, 11) is 0. The fourth-order valence-corrected chi connectivity index (χ4v) is 3.91. The van der Waals surface area contributed by atoms with Crippen LogP contribution in [-0.2, 0) is 0 Å². The summed E-state index contributed by atoms with van der Waals surface area (Å²) < 4.78 is 2.96. The second-order valence-corrected chi connectivity index (χ2v) is 6.70. The Morgan fingerprint density at radius 3 is 2.74 bits per heavy atom. The maximum absolute atomic E-state index is 11.1. The van der Waals surface area contributed by atoms with Crippen LogP contribution in [0.4, 0.5) is 0 Å². The zero-order valence-electron chi connectivity index (χ0n) is 12.7. The standard InChI is InChI=1S/C18H14N2O2S/c1-10-3-5-13(11(2)7-10)14-9-20-15-6-4-12(17(21)22)8-16(15)23-18(20)19-14/h3-9H,1-2H3,(H,21,22). The molecule has 0 fully saturated rings. The van der Waals surface area contributed by atoms with Crippen molar-refractivity contribution in [3.63, 3.8) is 0 Å². The van der Waals surface area contributed by atoms with Crippen molar-refractivity contribution in [2.45, 2.75) is 13.8 Å². The number of aryl methyl sites for hydroxylation is 2. The van der Waals surface area contributed by atoms with Gasteiger partial charge in [-0.25, -0.2) is 9.78 Å². The zero-order valence-corrected chi connectivity index (χ0v) is 13.5. The molecule has 2 aromatic carbocycles. The molecule has 4 nitrogen and oxygen atoms in total. The third kappa shape index (κ3) is 2.21. The van der Waals surface area contributed by atoms with Gasteiger partial charge in [0.1, 0.15) is 0 Å². The van der Waals surface area contributed by atoms with E-state index in [4.69, 9.17) is 10.1 Å². The van der Waals surface area contributed by atoms with Gasteiger partial charge in [0.05, 0.1) is 21.5 Å². The second kappa shape index (κ2) is 4.93. The van der Waals surface area contributed by atoms with Crippen LogP contribution in [-0.4, -0.2) is 20.5 Å². The number of carboxylic acid groups (broad SMARTS) is 1. The van der Waals surface area contributed by atoms with Crippen molar-refractivity contribution in [3.05, 3.63) is 59.3 Å². The first kappa shape index (κ1) is 14.0. The number of aromatic carboxylic acids is 1. The number of hydrogen-bond acceptors (Lipinski definition) is 3. The van der Waals surface area contributed by atoms with Gasteiger partial charge in [0, 0.05) is 11.8 Å². The van der Waals surface area contributed by atoms with Crippen LogP contribution in [0.15, 0.2) is 42.6 Å². The van der Waals surface area contributed by atoms with E-state index in [1.165, 1.54) is 22.5 Å². The average molecular weight is 322 g/mol. The minimum absolute atomic E-state index is 0.302. The van der Waals surface area contributed by atoms with Crippen LogP contribution in [0, 0.1) is 13.8 Å². The Kier molecular flexibility index (Phi) is 2.99. The van der Waals surface area contributed by atoms with Crippen LogP contribution < -0.4 is 0 Å². The summed E-state index contributed by atoms with van der Waals surface area (Å²) in [6.45, 7) is 4.17. The molecule has 4 rings (SSSR count). The van der Waals surface area contributed by atoms with Crippen LogP contribution >= 0.6 is 11.3 Å². The Hall–Kier alpha value is -2.66. The van der Waals surface area contributed by atoms with E-state index in [1.54, 1.807) is 12.1 Å². The van der Waals surface area contributed by atoms with Gasteiger partial charge in [0.2, 0.25) is 0 Å². The van der Waals surface area contributed by atoms with Gasteiger partial charge in [-0.2, -0.15) is 0 Å². The number of benzene rings is 2. The van der Waals surface area contributed by atoms with Crippen LogP contribution in [0.5, 0.6) is 0 Å². The third-order valence-electron chi connectivity index (χ3n) is 4.00. The Balaban J connectivity index is 1.90. The van der Waals surface area contributed by atoms with E-state index in [0.29, 0.717) is 5.56 Å². The van der Waals surface area contributed by atoms with Crippen molar-refractivity contribution in [2.75, 3.05) is 0 Å². The molecule has 0 aliphatic heterocycles. The molecule has 2 aromatic heterocycles. The Labute approximate surface area is 136 Å². The van der Waals surface area contributed by atoms with Gasteiger partial charge < -0.3 is 5.11 Å². The summed E-state index contributed by atoms with van der Waals surface area (Å²) in [5, 5.41) is 9.10. The molecule has 0 unspecified atom stereocenters. The minimum Gasteiger partial charge on any atom is -0.478 e. The van der Waals surface area contributed by atoms with Crippen molar-refractivity contribution in [2.24, 2.45) is 0 Å². The normalized spacial score (nSPS) is 11.4. The number of nitrogens with zero attached hydrogens (tertiary/aromatic N) is 2. The van der Waals surface area contributed by atoms with Gasteiger partial charge in [0.25, 0.3) is 0 Å². The smallest absolute Gasteiger partial charge is 0.335 e. The van der Waals surface area contributed by atoms with Crippen molar-refractivity contribution in [1.29, 1.82) is 0 Å². The lowest BCUT2D eigenvalue weighted by molar-refractivity contribution is 0.0697. The first-order chi connectivity index (χ1) is 11.0. The summed E-state index contributed by atoms with van der Waals surface area (Å²) in [5.41, 5.74) is 5.79. The van der Waals surface area contributed by atoms with Gasteiger partial charge in [-0.1, -0.05) is 35.1 Å². The van der Waals surface area contributed by atoms with Crippen molar-refractivity contribution in [3.8, 4) is 11.3 Å². The number of fused-ring (bicyclic) bond motifs is 3. The van der Waals surface area contributed by atoms with Crippen LogP contribution in [0.2, 0.25) is 0 Å². The van der Waals surface area contributed by atoms with Gasteiger partial charge >= 0.3 is 5.97 Å². The molecule has 1 N–H and O–H groups in total. The van der Waals surface area contributed by atoms with Gasteiger partial charge in [0.15, 0.2) is 4.96 Å². The summed E-state index contributed by atoms with van der Waals surface area (Å²) in [6, 6.07) is 11.5.